The number of allylic oxidation sites excluding steroid dienone is 2. The Morgan fingerprint density at radius 2 is 0.921 bits per heavy atom. The minimum absolute atomic E-state index is 0.0733. The van der Waals surface area contributed by atoms with Crippen molar-refractivity contribution in [3.05, 3.63) is 23.3 Å². The fourth-order valence-electron chi connectivity index (χ4n) is 5.88. The van der Waals surface area contributed by atoms with E-state index in [1.54, 1.807) is 13.8 Å². The second kappa shape index (κ2) is 10.0. The number of hydrogen-bond donors (Lipinski definition) is 0. The standard InChI is InChI=1S/C30H44O8/c1-19-9-7-13-27(3)21(35-27)11-16-30(6)24(38-30)18-34-26(32)20(2)10-8-14-28(4)22(36-28)12-15-29(5)23(37-29)17-33-25(19)31/h9-10,21-24H,7-8,11-18H2,1-6H3/b19-9+,20-10+/t21-,22-,23-,24-,27-,28-,29+,30+/m1/s1. The van der Waals surface area contributed by atoms with Gasteiger partial charge in [0.15, 0.2) is 0 Å². The highest BCUT2D eigenvalue weighted by Gasteiger charge is 2.58. The van der Waals surface area contributed by atoms with Gasteiger partial charge in [0.25, 0.3) is 0 Å². The van der Waals surface area contributed by atoms with E-state index >= 15 is 0 Å². The fourth-order valence-corrected chi connectivity index (χ4v) is 5.88. The zero-order valence-corrected chi connectivity index (χ0v) is 23.8. The number of rotatable bonds is 0. The quantitative estimate of drug-likeness (QED) is 0.326. The van der Waals surface area contributed by atoms with E-state index in [4.69, 9.17) is 28.4 Å². The first kappa shape index (κ1) is 27.8. The molecule has 0 saturated carbocycles. The van der Waals surface area contributed by atoms with Crippen molar-refractivity contribution < 1.29 is 38.0 Å². The lowest BCUT2D eigenvalue weighted by molar-refractivity contribution is -0.140. The van der Waals surface area contributed by atoms with Gasteiger partial charge in [-0.05, 0) is 92.9 Å². The van der Waals surface area contributed by atoms with Crippen molar-refractivity contribution in [2.45, 2.75) is 140 Å². The Labute approximate surface area is 226 Å². The Balaban J connectivity index is 1.17. The van der Waals surface area contributed by atoms with E-state index in [1.165, 1.54) is 0 Å². The molecule has 0 N–H and O–H groups in total. The lowest BCUT2D eigenvalue weighted by Gasteiger charge is -2.09. The fraction of sp³-hybridized carbons (Fsp3) is 0.800. The van der Waals surface area contributed by atoms with Gasteiger partial charge in [-0.15, -0.1) is 0 Å². The molecule has 5 rings (SSSR count). The molecular formula is C30H44O8. The minimum Gasteiger partial charge on any atom is -0.459 e. The second-order valence-corrected chi connectivity index (χ2v) is 12.8. The minimum atomic E-state index is -0.283. The number of epoxide rings is 4. The molecule has 5 heterocycles. The van der Waals surface area contributed by atoms with Gasteiger partial charge in [-0.1, -0.05) is 12.2 Å². The van der Waals surface area contributed by atoms with Crippen LogP contribution in [0.5, 0.6) is 0 Å². The van der Waals surface area contributed by atoms with Gasteiger partial charge in [0.05, 0.1) is 34.6 Å². The summed E-state index contributed by atoms with van der Waals surface area (Å²) in [5.74, 6) is -0.565. The summed E-state index contributed by atoms with van der Waals surface area (Å²) in [4.78, 5) is 25.0. The van der Waals surface area contributed by atoms with E-state index in [-0.39, 0.29) is 72.0 Å². The van der Waals surface area contributed by atoms with Gasteiger partial charge >= 0.3 is 11.9 Å². The highest BCUT2D eigenvalue weighted by Crippen LogP contribution is 2.49. The van der Waals surface area contributed by atoms with Crippen molar-refractivity contribution in [1.29, 1.82) is 0 Å². The lowest BCUT2D eigenvalue weighted by Crippen LogP contribution is -2.19. The molecule has 0 aliphatic carbocycles. The molecule has 38 heavy (non-hydrogen) atoms. The molecule has 0 aromatic rings. The number of carbonyl (C=O) groups is 2. The summed E-state index contributed by atoms with van der Waals surface area (Å²) in [5.41, 5.74) is 0.348. The van der Waals surface area contributed by atoms with Crippen LogP contribution in [-0.2, 0) is 38.0 Å². The number of ether oxygens (including phenoxy) is 6. The molecule has 212 valence electrons. The molecule has 8 nitrogen and oxygen atoms in total. The summed E-state index contributed by atoms with van der Waals surface area (Å²) in [6, 6.07) is 0. The Hall–Kier alpha value is -1.74. The molecular weight excluding hydrogens is 488 g/mol. The third kappa shape index (κ3) is 6.19. The number of cyclic esters (lactones) is 2. The second-order valence-electron chi connectivity index (χ2n) is 12.8. The molecule has 4 fully saturated rings. The van der Waals surface area contributed by atoms with Crippen LogP contribution in [0.2, 0.25) is 0 Å². The number of carbonyl (C=O) groups excluding carboxylic acids is 2. The zero-order valence-electron chi connectivity index (χ0n) is 23.8. The molecule has 5 aliphatic heterocycles. The predicted octanol–water partition coefficient (Wildman–Crippen LogP) is 4.73. The first-order valence-electron chi connectivity index (χ1n) is 14.2. The third-order valence-corrected chi connectivity index (χ3v) is 9.51. The van der Waals surface area contributed by atoms with Crippen LogP contribution in [-0.4, -0.2) is 72.0 Å². The number of fused-ring (bicyclic) bond motifs is 4. The maximum atomic E-state index is 12.5. The van der Waals surface area contributed by atoms with Crippen molar-refractivity contribution >= 4 is 11.9 Å². The van der Waals surface area contributed by atoms with Crippen LogP contribution in [0.1, 0.15) is 92.9 Å². The molecule has 0 spiro atoms. The molecule has 4 saturated heterocycles. The normalized spacial score (nSPS) is 49.2. The van der Waals surface area contributed by atoms with Crippen LogP contribution in [0.4, 0.5) is 0 Å². The van der Waals surface area contributed by atoms with Gasteiger partial charge in [-0.25, -0.2) is 9.59 Å². The van der Waals surface area contributed by atoms with E-state index in [1.807, 2.05) is 12.2 Å². The summed E-state index contributed by atoms with van der Waals surface area (Å²) in [7, 11) is 0. The highest BCUT2D eigenvalue weighted by molar-refractivity contribution is 5.88. The molecule has 0 radical (unpaired) electrons. The van der Waals surface area contributed by atoms with Crippen LogP contribution >= 0.6 is 0 Å². The maximum Gasteiger partial charge on any atom is 0.333 e. The van der Waals surface area contributed by atoms with E-state index in [2.05, 4.69) is 27.7 Å². The van der Waals surface area contributed by atoms with Gasteiger partial charge in [0, 0.05) is 11.1 Å². The smallest absolute Gasteiger partial charge is 0.333 e. The largest absolute Gasteiger partial charge is 0.459 e. The van der Waals surface area contributed by atoms with Crippen LogP contribution in [0, 0.1) is 0 Å². The van der Waals surface area contributed by atoms with Gasteiger partial charge in [0.1, 0.15) is 25.4 Å². The SMILES string of the molecule is C/C1=C\CC[C@@]2(C)O[C@@H]2CC[C@]2(C)O[C@@H]2COC(=O)/C(C)=C/CC[C@@]2(C)O[C@@H]2CC[C@]2(C)O[C@@H]2COC1=O. The van der Waals surface area contributed by atoms with Crippen molar-refractivity contribution in [2.75, 3.05) is 13.2 Å². The van der Waals surface area contributed by atoms with Crippen LogP contribution < -0.4 is 0 Å². The summed E-state index contributed by atoms with van der Waals surface area (Å²) in [5, 5.41) is 0. The molecule has 5 aliphatic rings. The summed E-state index contributed by atoms with van der Waals surface area (Å²) >= 11 is 0. The van der Waals surface area contributed by atoms with E-state index in [9.17, 15) is 9.59 Å². The third-order valence-electron chi connectivity index (χ3n) is 9.51. The average Bonchev–Trinajstić information content (AvgIpc) is 3.80. The van der Waals surface area contributed by atoms with E-state index in [0.29, 0.717) is 11.1 Å². The summed E-state index contributed by atoms with van der Waals surface area (Å²) < 4.78 is 34.9. The zero-order chi connectivity index (χ0) is 27.3. The molecule has 0 unspecified atom stereocenters. The van der Waals surface area contributed by atoms with Crippen molar-refractivity contribution in [1.82, 2.24) is 0 Å². The van der Waals surface area contributed by atoms with E-state index in [0.717, 1.165) is 51.4 Å². The summed E-state index contributed by atoms with van der Waals surface area (Å²) in [6.45, 7) is 12.5. The van der Waals surface area contributed by atoms with Gasteiger partial charge in [0.2, 0.25) is 0 Å². The van der Waals surface area contributed by atoms with Crippen LogP contribution in [0.25, 0.3) is 0 Å². The van der Waals surface area contributed by atoms with Gasteiger partial charge in [-0.3, -0.25) is 0 Å². The van der Waals surface area contributed by atoms with E-state index < -0.39 is 0 Å². The summed E-state index contributed by atoms with van der Waals surface area (Å²) in [6.07, 6.45) is 10.8. The first-order chi connectivity index (χ1) is 17.9. The molecule has 8 atom stereocenters. The molecule has 8 heteroatoms. The van der Waals surface area contributed by atoms with Crippen molar-refractivity contribution in [2.24, 2.45) is 0 Å². The van der Waals surface area contributed by atoms with Gasteiger partial charge < -0.3 is 28.4 Å². The molecule has 0 aromatic heterocycles. The molecule has 0 aromatic carbocycles. The Morgan fingerprint density at radius 1 is 0.579 bits per heavy atom. The predicted molar refractivity (Wildman–Crippen MR) is 139 cm³/mol. The Kier molecular flexibility index (Phi) is 7.34. The van der Waals surface area contributed by atoms with Gasteiger partial charge in [-0.2, -0.15) is 0 Å². The number of esters is 2. The first-order valence-corrected chi connectivity index (χ1v) is 14.2. The Morgan fingerprint density at radius 3 is 1.32 bits per heavy atom. The highest BCUT2D eigenvalue weighted by atomic mass is 16.6. The van der Waals surface area contributed by atoms with Crippen molar-refractivity contribution in [3.63, 3.8) is 0 Å². The monoisotopic (exact) mass is 532 g/mol. The molecule has 0 bridgehead atoms. The average molecular weight is 533 g/mol. The lowest BCUT2D eigenvalue weighted by atomic mass is 9.93. The Bertz CT molecular complexity index is 940. The number of hydrogen-bond acceptors (Lipinski definition) is 8. The van der Waals surface area contributed by atoms with Crippen molar-refractivity contribution in [3.8, 4) is 0 Å². The van der Waals surface area contributed by atoms with Crippen LogP contribution in [0.15, 0.2) is 23.3 Å². The topological polar surface area (TPSA) is 103 Å². The molecule has 0 amide bonds. The van der Waals surface area contributed by atoms with Crippen LogP contribution in [0.3, 0.4) is 0 Å². The maximum absolute atomic E-state index is 12.5.